The van der Waals surface area contributed by atoms with Crippen molar-refractivity contribution < 1.29 is 0 Å². The molecular formula is C38H31N3. The van der Waals surface area contributed by atoms with Crippen molar-refractivity contribution in [3.63, 3.8) is 0 Å². The number of rotatable bonds is 2. The second kappa shape index (κ2) is 8.87. The Kier molecular flexibility index (Phi) is 5.21. The molecule has 5 aromatic carbocycles. The molecule has 3 heteroatoms. The van der Waals surface area contributed by atoms with E-state index in [4.69, 9.17) is 10.2 Å². The summed E-state index contributed by atoms with van der Waals surface area (Å²) in [7, 11) is 0. The Morgan fingerprint density at radius 1 is 0.707 bits per heavy atom. The van der Waals surface area contributed by atoms with Crippen molar-refractivity contribution in [1.82, 2.24) is 15.0 Å². The van der Waals surface area contributed by atoms with Crippen LogP contribution < -0.4 is 0 Å². The summed E-state index contributed by atoms with van der Waals surface area (Å²) >= 11 is 0. The van der Waals surface area contributed by atoms with Gasteiger partial charge in [-0.15, -0.1) is 15.0 Å². The maximum atomic E-state index is 5.12. The summed E-state index contributed by atoms with van der Waals surface area (Å²) in [5.41, 5.74) is 10.7. The number of hydrogen-bond donors (Lipinski definition) is 0. The van der Waals surface area contributed by atoms with Crippen LogP contribution in [0.2, 0.25) is 0 Å². The first-order valence-electron chi connectivity index (χ1n) is 14.5. The molecule has 1 heterocycles. The lowest BCUT2D eigenvalue weighted by atomic mass is 9.75. The van der Waals surface area contributed by atoms with E-state index >= 15 is 0 Å². The number of hydrogen-bond acceptors (Lipinski definition) is 2. The van der Waals surface area contributed by atoms with Crippen LogP contribution in [-0.2, 0) is 5.41 Å². The van der Waals surface area contributed by atoms with Gasteiger partial charge in [0.25, 0.3) is 0 Å². The molecule has 8 rings (SSSR count). The fourth-order valence-electron chi connectivity index (χ4n) is 6.78. The van der Waals surface area contributed by atoms with Gasteiger partial charge in [-0.05, 0) is 68.1 Å². The summed E-state index contributed by atoms with van der Waals surface area (Å²) in [4.78, 5) is 1.84. The molecule has 6 aromatic rings. The van der Waals surface area contributed by atoms with Crippen LogP contribution in [-0.4, -0.2) is 15.0 Å². The molecule has 0 N–H and O–H groups in total. The van der Waals surface area contributed by atoms with Gasteiger partial charge in [-0.25, -0.2) is 0 Å². The zero-order valence-corrected chi connectivity index (χ0v) is 23.6. The second-order valence-corrected chi connectivity index (χ2v) is 12.3. The van der Waals surface area contributed by atoms with Gasteiger partial charge in [-0.1, -0.05) is 124 Å². The van der Waals surface area contributed by atoms with E-state index in [9.17, 15) is 0 Å². The molecule has 0 aliphatic heterocycles. The third-order valence-electron chi connectivity index (χ3n) is 8.71. The minimum atomic E-state index is 0.0404. The van der Waals surface area contributed by atoms with Crippen LogP contribution >= 0.6 is 0 Å². The van der Waals surface area contributed by atoms with E-state index < -0.39 is 0 Å². The largest absolute Gasteiger partial charge is 0.150 e. The minimum absolute atomic E-state index is 0.0404. The van der Waals surface area contributed by atoms with Crippen molar-refractivity contribution in [3.8, 4) is 5.69 Å². The van der Waals surface area contributed by atoms with Crippen molar-refractivity contribution in [2.75, 3.05) is 0 Å². The van der Waals surface area contributed by atoms with Gasteiger partial charge < -0.3 is 0 Å². The molecule has 0 radical (unpaired) electrons. The fourth-order valence-corrected chi connectivity index (χ4v) is 6.78. The summed E-state index contributed by atoms with van der Waals surface area (Å²) in [5, 5.41) is 15.0. The van der Waals surface area contributed by atoms with Gasteiger partial charge in [-0.2, -0.15) is 0 Å². The van der Waals surface area contributed by atoms with E-state index in [1.165, 1.54) is 49.6 Å². The lowest BCUT2D eigenvalue weighted by molar-refractivity contribution is 0.595. The molecule has 2 aliphatic carbocycles. The van der Waals surface area contributed by atoms with E-state index in [1.807, 2.05) is 4.80 Å². The van der Waals surface area contributed by atoms with Crippen LogP contribution in [0.4, 0.5) is 0 Å². The van der Waals surface area contributed by atoms with Crippen LogP contribution in [0.25, 0.3) is 49.4 Å². The van der Waals surface area contributed by atoms with Gasteiger partial charge in [0.05, 0.1) is 5.69 Å². The second-order valence-electron chi connectivity index (χ2n) is 12.3. The number of allylic oxidation sites excluding steroid dienone is 5. The highest BCUT2D eigenvalue weighted by Gasteiger charge is 2.27. The van der Waals surface area contributed by atoms with Gasteiger partial charge in [0.2, 0.25) is 0 Å². The topological polar surface area (TPSA) is 30.7 Å². The van der Waals surface area contributed by atoms with Crippen LogP contribution in [0, 0.1) is 5.92 Å². The van der Waals surface area contributed by atoms with Gasteiger partial charge in [0, 0.05) is 16.7 Å². The standard InChI is InChI=1S/C38H31N3/c1-38(2,3)34-20-21-36(30-18-10-9-17-29(30)34)41-39-35-23-33(28-16-8-11-19-31(28)37(35)40-41)32-22-24-12-4-5-13-25(24)26-14-6-7-15-27(26)32/h4-11,13-24H,12H2,1-3H3. The lowest BCUT2D eigenvalue weighted by Crippen LogP contribution is -2.12. The summed E-state index contributed by atoms with van der Waals surface area (Å²) in [5.74, 6) is 0.378. The van der Waals surface area contributed by atoms with E-state index in [0.29, 0.717) is 5.92 Å². The van der Waals surface area contributed by atoms with Crippen LogP contribution in [0.3, 0.4) is 0 Å². The predicted molar refractivity (Wildman–Crippen MR) is 171 cm³/mol. The SMILES string of the molecule is CC(C)(C)c1ccc(-n2nc3cc(C4=CC5CC=CC=C5c5ccccc54)c4ccccc4c3n2)c2ccccc12. The van der Waals surface area contributed by atoms with Crippen LogP contribution in [0.1, 0.15) is 49.4 Å². The maximum absolute atomic E-state index is 5.12. The number of nitrogens with zero attached hydrogens (tertiary/aromatic N) is 3. The molecule has 1 aromatic heterocycles. The molecule has 0 bridgehead atoms. The highest BCUT2D eigenvalue weighted by Crippen LogP contribution is 2.45. The average Bonchev–Trinajstić information content (AvgIpc) is 3.43. The normalized spacial score (nSPS) is 16.5. The molecular weight excluding hydrogens is 498 g/mol. The molecule has 2 aliphatic rings. The summed E-state index contributed by atoms with van der Waals surface area (Å²) in [6.45, 7) is 6.80. The van der Waals surface area contributed by atoms with E-state index in [1.54, 1.807) is 0 Å². The van der Waals surface area contributed by atoms with E-state index in [2.05, 4.69) is 136 Å². The third kappa shape index (κ3) is 3.72. The van der Waals surface area contributed by atoms with Gasteiger partial charge >= 0.3 is 0 Å². The third-order valence-corrected chi connectivity index (χ3v) is 8.71. The number of aromatic nitrogens is 3. The number of fused-ring (bicyclic) bond motifs is 7. The Hall–Kier alpha value is -4.76. The summed E-state index contributed by atoms with van der Waals surface area (Å²) in [6, 6.07) is 32.8. The van der Waals surface area contributed by atoms with Crippen molar-refractivity contribution in [2.45, 2.75) is 32.6 Å². The molecule has 3 nitrogen and oxygen atoms in total. The lowest BCUT2D eigenvalue weighted by Gasteiger charge is -2.29. The molecule has 0 fully saturated rings. The highest BCUT2D eigenvalue weighted by atomic mass is 15.5. The zero-order valence-electron chi connectivity index (χ0n) is 23.6. The van der Waals surface area contributed by atoms with Crippen molar-refractivity contribution in [1.29, 1.82) is 0 Å². The molecule has 0 saturated heterocycles. The Bertz CT molecular complexity index is 2110. The van der Waals surface area contributed by atoms with Crippen LogP contribution in [0.15, 0.2) is 115 Å². The molecule has 1 unspecified atom stereocenters. The molecule has 41 heavy (non-hydrogen) atoms. The fraction of sp³-hybridized carbons (Fsp3) is 0.158. The number of benzene rings is 5. The smallest absolute Gasteiger partial charge is 0.121 e. The Balaban J connectivity index is 1.37. The van der Waals surface area contributed by atoms with Crippen LogP contribution in [0.5, 0.6) is 0 Å². The molecule has 1 atom stereocenters. The van der Waals surface area contributed by atoms with Crippen molar-refractivity contribution in [3.05, 3.63) is 138 Å². The molecule has 198 valence electrons. The first kappa shape index (κ1) is 24.1. The van der Waals surface area contributed by atoms with Gasteiger partial charge in [-0.3, -0.25) is 0 Å². The predicted octanol–water partition coefficient (Wildman–Crippen LogP) is 9.43. The Labute approximate surface area is 240 Å². The average molecular weight is 530 g/mol. The van der Waals surface area contributed by atoms with Gasteiger partial charge in [0.15, 0.2) is 0 Å². The highest BCUT2D eigenvalue weighted by molar-refractivity contribution is 6.11. The molecule has 0 spiro atoms. The molecule has 0 amide bonds. The summed E-state index contributed by atoms with van der Waals surface area (Å²) < 4.78 is 0. The first-order chi connectivity index (χ1) is 20.0. The van der Waals surface area contributed by atoms with E-state index in [-0.39, 0.29) is 5.41 Å². The van der Waals surface area contributed by atoms with E-state index in [0.717, 1.165) is 28.5 Å². The maximum Gasteiger partial charge on any atom is 0.121 e. The first-order valence-corrected chi connectivity index (χ1v) is 14.5. The monoisotopic (exact) mass is 529 g/mol. The van der Waals surface area contributed by atoms with Crippen molar-refractivity contribution in [2.24, 2.45) is 5.92 Å². The molecule has 0 saturated carbocycles. The zero-order chi connectivity index (χ0) is 27.7. The quantitative estimate of drug-likeness (QED) is 0.224. The minimum Gasteiger partial charge on any atom is -0.150 e. The summed E-state index contributed by atoms with van der Waals surface area (Å²) in [6.07, 6.45) is 10.2. The Morgan fingerprint density at radius 2 is 1.41 bits per heavy atom. The Morgan fingerprint density at radius 3 is 2.22 bits per heavy atom. The van der Waals surface area contributed by atoms with Gasteiger partial charge in [0.1, 0.15) is 11.0 Å². The van der Waals surface area contributed by atoms with Crippen molar-refractivity contribution >= 4 is 43.7 Å².